The lowest BCUT2D eigenvalue weighted by molar-refractivity contribution is -0.124. The maximum atomic E-state index is 12.4. The first-order valence-electron chi connectivity index (χ1n) is 8.27. The van der Waals surface area contributed by atoms with Gasteiger partial charge in [-0.15, -0.1) is 0 Å². The van der Waals surface area contributed by atoms with Crippen LogP contribution >= 0.6 is 0 Å². The molecular weight excluding hydrogens is 332 g/mol. The Morgan fingerprint density at radius 3 is 3.00 bits per heavy atom. The molecule has 1 aromatic carbocycles. The number of hydrogen-bond acceptors (Lipinski definition) is 5. The van der Waals surface area contributed by atoms with Crippen molar-refractivity contribution < 1.29 is 14.3 Å². The molecule has 26 heavy (non-hydrogen) atoms. The average Bonchev–Trinajstić information content (AvgIpc) is 3.03. The van der Waals surface area contributed by atoms with E-state index in [0.29, 0.717) is 18.5 Å². The number of pyridine rings is 1. The zero-order valence-electron chi connectivity index (χ0n) is 14.1. The molecule has 1 aromatic heterocycles. The molecule has 1 fully saturated rings. The Kier molecular flexibility index (Phi) is 5.44. The van der Waals surface area contributed by atoms with Crippen molar-refractivity contribution in [3.05, 3.63) is 65.5 Å². The number of cyclic esters (lactones) is 1. The molecule has 1 atom stereocenters. The first-order valence-corrected chi connectivity index (χ1v) is 8.27. The third-order valence-corrected chi connectivity index (χ3v) is 4.09. The van der Waals surface area contributed by atoms with Gasteiger partial charge < -0.3 is 10.1 Å². The fourth-order valence-corrected chi connectivity index (χ4v) is 2.76. The molecule has 1 aliphatic rings. The number of nitrogens with zero attached hydrogens (tertiary/aromatic N) is 3. The molecule has 0 saturated carbocycles. The van der Waals surface area contributed by atoms with Crippen LogP contribution in [0, 0.1) is 11.3 Å². The number of hydrogen-bond donors (Lipinski definition) is 1. The molecule has 2 aromatic rings. The van der Waals surface area contributed by atoms with Gasteiger partial charge in [0.15, 0.2) is 0 Å². The lowest BCUT2D eigenvalue weighted by Crippen LogP contribution is -2.45. The molecule has 2 amide bonds. The lowest BCUT2D eigenvalue weighted by Gasteiger charge is -2.21. The van der Waals surface area contributed by atoms with E-state index in [1.54, 1.807) is 24.4 Å². The summed E-state index contributed by atoms with van der Waals surface area (Å²) >= 11 is 0. The smallest absolute Gasteiger partial charge is 0.410 e. The minimum atomic E-state index is -0.683. The molecule has 0 spiro atoms. The van der Waals surface area contributed by atoms with Gasteiger partial charge in [-0.1, -0.05) is 18.2 Å². The van der Waals surface area contributed by atoms with Crippen molar-refractivity contribution in [3.63, 3.8) is 0 Å². The second-order valence-electron chi connectivity index (χ2n) is 5.89. The van der Waals surface area contributed by atoms with Crippen molar-refractivity contribution in [2.24, 2.45) is 0 Å². The van der Waals surface area contributed by atoms with Crippen LogP contribution < -0.4 is 5.32 Å². The maximum absolute atomic E-state index is 12.4. The predicted molar refractivity (Wildman–Crippen MR) is 92.8 cm³/mol. The summed E-state index contributed by atoms with van der Waals surface area (Å²) < 4.78 is 5.04. The van der Waals surface area contributed by atoms with Gasteiger partial charge in [0.05, 0.1) is 18.2 Å². The summed E-state index contributed by atoms with van der Waals surface area (Å²) in [5.74, 6) is -0.261. The second-order valence-corrected chi connectivity index (χ2v) is 5.89. The summed E-state index contributed by atoms with van der Waals surface area (Å²) in [5.41, 5.74) is 2.16. The Hall–Kier alpha value is -3.40. The van der Waals surface area contributed by atoms with Crippen LogP contribution in [0.3, 0.4) is 0 Å². The van der Waals surface area contributed by atoms with Gasteiger partial charge in [0.25, 0.3) is 0 Å². The van der Waals surface area contributed by atoms with E-state index >= 15 is 0 Å². The fourth-order valence-electron chi connectivity index (χ4n) is 2.76. The molecule has 1 saturated heterocycles. The van der Waals surface area contributed by atoms with Gasteiger partial charge in [0, 0.05) is 24.9 Å². The number of nitrogens with one attached hydrogen (secondary N) is 1. The van der Waals surface area contributed by atoms with Crippen LogP contribution in [0.1, 0.15) is 16.8 Å². The Morgan fingerprint density at radius 1 is 1.35 bits per heavy atom. The highest BCUT2D eigenvalue weighted by Gasteiger charge is 2.37. The molecule has 7 heteroatoms. The lowest BCUT2D eigenvalue weighted by atomic mass is 10.1. The molecule has 1 aliphatic heterocycles. The Balaban J connectivity index is 1.59. The number of rotatable bonds is 6. The molecule has 0 unspecified atom stereocenters. The Labute approximate surface area is 151 Å². The van der Waals surface area contributed by atoms with Crippen LogP contribution in [-0.4, -0.2) is 41.1 Å². The van der Waals surface area contributed by atoms with Gasteiger partial charge >= 0.3 is 6.09 Å². The van der Waals surface area contributed by atoms with Crippen LogP contribution in [-0.2, 0) is 22.5 Å². The van der Waals surface area contributed by atoms with Gasteiger partial charge in [0.1, 0.15) is 12.6 Å². The van der Waals surface area contributed by atoms with Crippen molar-refractivity contribution in [2.45, 2.75) is 19.0 Å². The number of ether oxygens (including phenoxy) is 1. The molecule has 7 nitrogen and oxygen atoms in total. The van der Waals surface area contributed by atoms with E-state index in [4.69, 9.17) is 10.00 Å². The highest BCUT2D eigenvalue weighted by molar-refractivity contribution is 5.87. The molecule has 132 valence electrons. The third-order valence-electron chi connectivity index (χ3n) is 4.09. The third kappa shape index (κ3) is 4.16. The second kappa shape index (κ2) is 8.12. The summed E-state index contributed by atoms with van der Waals surface area (Å²) in [6.45, 7) is 0.664. The summed E-state index contributed by atoms with van der Waals surface area (Å²) in [5, 5.41) is 11.8. The highest BCUT2D eigenvalue weighted by atomic mass is 16.6. The maximum Gasteiger partial charge on any atom is 0.410 e. The van der Waals surface area contributed by atoms with E-state index in [0.717, 1.165) is 11.3 Å². The molecule has 1 N–H and O–H groups in total. The van der Waals surface area contributed by atoms with E-state index in [9.17, 15) is 9.59 Å². The van der Waals surface area contributed by atoms with E-state index < -0.39 is 12.1 Å². The van der Waals surface area contributed by atoms with Crippen LogP contribution in [0.2, 0.25) is 0 Å². The standard InChI is InChI=1S/C19H18N4O3/c20-11-14-4-3-5-15(10-14)12-23-17(13-26-19(23)25)18(24)22-9-7-16-6-1-2-8-21-16/h1-6,8,10,17H,7,9,12-13H2,(H,22,24)/t17-/m0/s1. The number of amides is 2. The van der Waals surface area contributed by atoms with Crippen molar-refractivity contribution in [1.82, 2.24) is 15.2 Å². The molecule has 0 aliphatic carbocycles. The van der Waals surface area contributed by atoms with Crippen LogP contribution in [0.4, 0.5) is 4.79 Å². The monoisotopic (exact) mass is 350 g/mol. The molecule has 0 bridgehead atoms. The highest BCUT2D eigenvalue weighted by Crippen LogP contribution is 2.17. The summed E-state index contributed by atoms with van der Waals surface area (Å²) in [4.78, 5) is 30.0. The van der Waals surface area contributed by atoms with Crippen LogP contribution in [0.25, 0.3) is 0 Å². The van der Waals surface area contributed by atoms with Gasteiger partial charge in [-0.3, -0.25) is 14.7 Å². The van der Waals surface area contributed by atoms with Gasteiger partial charge in [-0.05, 0) is 29.8 Å². The van der Waals surface area contributed by atoms with E-state index in [-0.39, 0.29) is 19.1 Å². The number of carbonyl (C=O) groups is 2. The van der Waals surface area contributed by atoms with Crippen LogP contribution in [0.5, 0.6) is 0 Å². The molecular formula is C19H18N4O3. The minimum Gasteiger partial charge on any atom is -0.447 e. The topological polar surface area (TPSA) is 95.3 Å². The van der Waals surface area contributed by atoms with Gasteiger partial charge in [-0.25, -0.2) is 4.79 Å². The first-order chi connectivity index (χ1) is 12.7. The Morgan fingerprint density at radius 2 is 2.23 bits per heavy atom. The van der Waals surface area contributed by atoms with Gasteiger partial charge in [-0.2, -0.15) is 5.26 Å². The number of nitriles is 1. The summed E-state index contributed by atoms with van der Waals surface area (Å²) in [6.07, 6.45) is 1.79. The van der Waals surface area contributed by atoms with Crippen molar-refractivity contribution in [1.29, 1.82) is 5.26 Å². The molecule has 3 rings (SSSR count). The fraction of sp³-hybridized carbons (Fsp3) is 0.263. The summed E-state index contributed by atoms with van der Waals surface area (Å²) in [7, 11) is 0. The zero-order chi connectivity index (χ0) is 18.4. The zero-order valence-corrected chi connectivity index (χ0v) is 14.1. The number of benzene rings is 1. The quantitative estimate of drug-likeness (QED) is 0.854. The van der Waals surface area contributed by atoms with E-state index in [1.807, 2.05) is 24.3 Å². The van der Waals surface area contributed by atoms with Crippen LogP contribution in [0.15, 0.2) is 48.7 Å². The van der Waals surface area contributed by atoms with E-state index in [2.05, 4.69) is 16.4 Å². The Bertz CT molecular complexity index is 832. The largest absolute Gasteiger partial charge is 0.447 e. The van der Waals surface area contributed by atoms with Crippen molar-refractivity contribution in [3.8, 4) is 6.07 Å². The molecule has 0 radical (unpaired) electrons. The average molecular weight is 350 g/mol. The van der Waals surface area contributed by atoms with E-state index in [1.165, 1.54) is 4.90 Å². The van der Waals surface area contributed by atoms with Gasteiger partial charge in [0.2, 0.25) is 5.91 Å². The normalized spacial score (nSPS) is 16.0. The first kappa shape index (κ1) is 17.4. The molecule has 2 heterocycles. The van der Waals surface area contributed by atoms with Crippen molar-refractivity contribution in [2.75, 3.05) is 13.2 Å². The number of aromatic nitrogens is 1. The number of carbonyl (C=O) groups excluding carboxylic acids is 2. The predicted octanol–water partition coefficient (Wildman–Crippen LogP) is 1.63. The SMILES string of the molecule is N#Cc1cccc(CN2C(=O)OC[C@H]2C(=O)NCCc2ccccn2)c1. The van der Waals surface area contributed by atoms with Crippen molar-refractivity contribution >= 4 is 12.0 Å². The summed E-state index contributed by atoms with van der Waals surface area (Å²) in [6, 6.07) is 13.9. The minimum absolute atomic E-state index is 0.0200.